The van der Waals surface area contributed by atoms with Crippen molar-refractivity contribution in [3.63, 3.8) is 0 Å². The summed E-state index contributed by atoms with van der Waals surface area (Å²) in [5, 5.41) is 17.7. The summed E-state index contributed by atoms with van der Waals surface area (Å²) in [4.78, 5) is 0. The third-order valence-electron chi connectivity index (χ3n) is 7.56. The smallest absolute Gasteiger partial charge is 0.0992 e. The van der Waals surface area contributed by atoms with Crippen molar-refractivity contribution in [3.05, 3.63) is 47.3 Å². The fraction of sp³-hybridized carbons (Fsp3) is 0.583. The molecule has 1 aromatic carbocycles. The second-order valence-electron chi connectivity index (χ2n) is 9.36. The van der Waals surface area contributed by atoms with Crippen LogP contribution < -0.4 is 5.32 Å². The second kappa shape index (κ2) is 6.95. The highest BCUT2D eigenvalue weighted by Gasteiger charge is 2.46. The molecular formula is C24H30N4. The van der Waals surface area contributed by atoms with Crippen LogP contribution in [0.15, 0.2) is 30.3 Å². The quantitative estimate of drug-likeness (QED) is 0.790. The first-order valence-electron chi connectivity index (χ1n) is 11.0. The van der Waals surface area contributed by atoms with Gasteiger partial charge >= 0.3 is 0 Å². The highest BCUT2D eigenvalue weighted by molar-refractivity contribution is 5.49. The highest BCUT2D eigenvalue weighted by atomic mass is 15.3. The molecule has 0 amide bonds. The van der Waals surface area contributed by atoms with Crippen molar-refractivity contribution in [1.82, 2.24) is 9.78 Å². The van der Waals surface area contributed by atoms with E-state index in [0.717, 1.165) is 35.5 Å². The molecule has 1 N–H and O–H groups in total. The third-order valence-corrected chi connectivity index (χ3v) is 7.56. The van der Waals surface area contributed by atoms with E-state index in [0.29, 0.717) is 5.41 Å². The molecule has 0 aliphatic heterocycles. The molecule has 0 saturated heterocycles. The number of hydrogen-bond acceptors (Lipinski definition) is 3. The number of anilines is 1. The fourth-order valence-electron chi connectivity index (χ4n) is 5.81. The summed E-state index contributed by atoms with van der Waals surface area (Å²) in [6, 6.07) is 12.5. The van der Waals surface area contributed by atoms with Crippen molar-refractivity contribution in [2.75, 3.05) is 11.9 Å². The number of benzene rings is 1. The molecule has 4 nitrogen and oxygen atoms in total. The van der Waals surface area contributed by atoms with Crippen LogP contribution in [0.5, 0.6) is 0 Å². The van der Waals surface area contributed by atoms with Gasteiger partial charge in [0.15, 0.2) is 0 Å². The minimum atomic E-state index is 0.324. The molecule has 5 rings (SSSR count). The SMILES string of the molecule is Cn1nc(C23CCCC(C2)C(CNc2cccc(C#N)c2)CC3)cc1C1CC1. The molecule has 146 valence electrons. The van der Waals surface area contributed by atoms with E-state index < -0.39 is 0 Å². The summed E-state index contributed by atoms with van der Waals surface area (Å²) in [7, 11) is 2.14. The Morgan fingerprint density at radius 1 is 1.21 bits per heavy atom. The van der Waals surface area contributed by atoms with Gasteiger partial charge < -0.3 is 5.32 Å². The van der Waals surface area contributed by atoms with E-state index in [-0.39, 0.29) is 0 Å². The van der Waals surface area contributed by atoms with Gasteiger partial charge in [-0.05, 0) is 74.6 Å². The Morgan fingerprint density at radius 2 is 2.11 bits per heavy atom. The first-order chi connectivity index (χ1) is 13.7. The van der Waals surface area contributed by atoms with E-state index in [1.807, 2.05) is 18.2 Å². The van der Waals surface area contributed by atoms with Crippen LogP contribution in [0.2, 0.25) is 0 Å². The summed E-state index contributed by atoms with van der Waals surface area (Å²) in [6.07, 6.45) is 10.5. The monoisotopic (exact) mass is 374 g/mol. The number of rotatable bonds is 5. The van der Waals surface area contributed by atoms with Crippen LogP contribution in [0, 0.1) is 23.2 Å². The molecular weight excluding hydrogens is 344 g/mol. The minimum Gasteiger partial charge on any atom is -0.385 e. The molecule has 3 aliphatic carbocycles. The number of nitrogens with one attached hydrogen (secondary N) is 1. The molecule has 2 aromatic rings. The lowest BCUT2D eigenvalue weighted by Crippen LogP contribution is -2.42. The average Bonchev–Trinajstić information content (AvgIpc) is 3.49. The van der Waals surface area contributed by atoms with E-state index in [9.17, 15) is 0 Å². The van der Waals surface area contributed by atoms with Crippen molar-refractivity contribution >= 4 is 5.69 Å². The first-order valence-corrected chi connectivity index (χ1v) is 11.0. The zero-order chi connectivity index (χ0) is 19.1. The Labute approximate surface area is 167 Å². The molecule has 3 aliphatic rings. The second-order valence-corrected chi connectivity index (χ2v) is 9.36. The van der Waals surface area contributed by atoms with Crippen LogP contribution in [0.1, 0.15) is 74.2 Å². The molecule has 3 fully saturated rings. The molecule has 28 heavy (non-hydrogen) atoms. The van der Waals surface area contributed by atoms with Gasteiger partial charge in [0.25, 0.3) is 0 Å². The van der Waals surface area contributed by atoms with E-state index in [1.54, 1.807) is 0 Å². The van der Waals surface area contributed by atoms with Crippen molar-refractivity contribution in [3.8, 4) is 6.07 Å². The fourth-order valence-corrected chi connectivity index (χ4v) is 5.81. The van der Waals surface area contributed by atoms with Crippen LogP contribution in [0.3, 0.4) is 0 Å². The van der Waals surface area contributed by atoms with Crippen LogP contribution in [0.4, 0.5) is 5.69 Å². The number of nitriles is 1. The average molecular weight is 375 g/mol. The summed E-state index contributed by atoms with van der Waals surface area (Å²) in [6.45, 7) is 1.02. The van der Waals surface area contributed by atoms with Crippen LogP contribution >= 0.6 is 0 Å². The van der Waals surface area contributed by atoms with Gasteiger partial charge in [0.2, 0.25) is 0 Å². The van der Waals surface area contributed by atoms with Crippen molar-refractivity contribution in [2.24, 2.45) is 18.9 Å². The topological polar surface area (TPSA) is 53.6 Å². The normalized spacial score (nSPS) is 29.3. The number of aromatic nitrogens is 2. The van der Waals surface area contributed by atoms with Crippen LogP contribution in [0.25, 0.3) is 0 Å². The van der Waals surface area contributed by atoms with Gasteiger partial charge in [-0.1, -0.05) is 18.9 Å². The Bertz CT molecular complexity index is 904. The van der Waals surface area contributed by atoms with Crippen LogP contribution in [-0.2, 0) is 12.5 Å². The highest BCUT2D eigenvalue weighted by Crippen LogP contribution is 2.53. The van der Waals surface area contributed by atoms with E-state index in [4.69, 9.17) is 10.4 Å². The molecule has 3 unspecified atom stereocenters. The van der Waals surface area contributed by atoms with Gasteiger partial charge in [0, 0.05) is 36.3 Å². The number of fused-ring (bicyclic) bond motifs is 2. The molecule has 4 heteroatoms. The minimum absolute atomic E-state index is 0.324. The maximum absolute atomic E-state index is 9.11. The van der Waals surface area contributed by atoms with Gasteiger partial charge in [0.05, 0.1) is 17.3 Å². The molecule has 2 bridgehead atoms. The Morgan fingerprint density at radius 3 is 2.93 bits per heavy atom. The number of nitrogens with zero attached hydrogens (tertiary/aromatic N) is 3. The van der Waals surface area contributed by atoms with E-state index in [1.165, 1.54) is 62.8 Å². The number of hydrogen-bond donors (Lipinski definition) is 1. The van der Waals surface area contributed by atoms with Crippen LogP contribution in [-0.4, -0.2) is 16.3 Å². The van der Waals surface area contributed by atoms with Gasteiger partial charge in [0.1, 0.15) is 0 Å². The molecule has 3 atom stereocenters. The zero-order valence-corrected chi connectivity index (χ0v) is 16.8. The summed E-state index contributed by atoms with van der Waals surface area (Å²) >= 11 is 0. The lowest BCUT2D eigenvalue weighted by molar-refractivity contribution is 0.0943. The molecule has 3 saturated carbocycles. The van der Waals surface area contributed by atoms with Crippen molar-refractivity contribution < 1.29 is 0 Å². The summed E-state index contributed by atoms with van der Waals surface area (Å²) in [5.41, 5.74) is 4.98. The maximum atomic E-state index is 9.11. The third kappa shape index (κ3) is 3.21. The predicted octanol–water partition coefficient (Wildman–Crippen LogP) is 5.12. The van der Waals surface area contributed by atoms with E-state index >= 15 is 0 Å². The molecule has 1 heterocycles. The Kier molecular flexibility index (Phi) is 4.42. The van der Waals surface area contributed by atoms with Crippen molar-refractivity contribution in [1.29, 1.82) is 5.26 Å². The zero-order valence-electron chi connectivity index (χ0n) is 16.8. The summed E-state index contributed by atoms with van der Waals surface area (Å²) < 4.78 is 2.17. The van der Waals surface area contributed by atoms with Gasteiger partial charge in [-0.15, -0.1) is 0 Å². The lowest BCUT2D eigenvalue weighted by atomic mass is 9.57. The van der Waals surface area contributed by atoms with Crippen molar-refractivity contribution in [2.45, 2.75) is 62.7 Å². The van der Waals surface area contributed by atoms with Gasteiger partial charge in [-0.2, -0.15) is 10.4 Å². The first kappa shape index (κ1) is 17.8. The van der Waals surface area contributed by atoms with E-state index in [2.05, 4.69) is 35.2 Å². The maximum Gasteiger partial charge on any atom is 0.0992 e. The molecule has 0 radical (unpaired) electrons. The predicted molar refractivity (Wildman–Crippen MR) is 111 cm³/mol. The Hall–Kier alpha value is -2.28. The molecule has 0 spiro atoms. The Balaban J connectivity index is 1.28. The van der Waals surface area contributed by atoms with Gasteiger partial charge in [-0.3, -0.25) is 4.68 Å². The largest absolute Gasteiger partial charge is 0.385 e. The standard InChI is InChI=1S/C24H30N4/c1-28-22(18-7-8-18)13-23(27-28)24-10-3-5-19(14-24)20(9-11-24)16-26-21-6-2-4-17(12-21)15-25/h2,4,6,12-13,18-20,26H,3,5,7-11,14,16H2,1H3. The van der Waals surface area contributed by atoms with Gasteiger partial charge in [-0.25, -0.2) is 0 Å². The molecule has 1 aromatic heterocycles. The lowest BCUT2D eigenvalue weighted by Gasteiger charge is -2.48. The number of aryl methyl sites for hydroxylation is 1. The summed E-state index contributed by atoms with van der Waals surface area (Å²) in [5.74, 6) is 2.29.